The van der Waals surface area contributed by atoms with E-state index in [4.69, 9.17) is 9.47 Å². The lowest BCUT2D eigenvalue weighted by molar-refractivity contribution is -0.184. The van der Waals surface area contributed by atoms with Crippen molar-refractivity contribution in [3.05, 3.63) is 30.1 Å². The first-order chi connectivity index (χ1) is 11.6. The van der Waals surface area contributed by atoms with Gasteiger partial charge in [-0.1, -0.05) is 12.1 Å². The van der Waals surface area contributed by atoms with Crippen molar-refractivity contribution < 1.29 is 23.5 Å². The first-order valence-corrected chi connectivity index (χ1v) is 8.23. The van der Waals surface area contributed by atoms with Crippen LogP contribution in [-0.2, 0) is 19.1 Å². The Morgan fingerprint density at radius 3 is 2.75 bits per heavy atom. The summed E-state index contributed by atoms with van der Waals surface area (Å²) in [6.07, 6.45) is 1.56. The molecule has 0 bridgehead atoms. The highest BCUT2D eigenvalue weighted by Gasteiger charge is 2.32. The number of rotatable bonds is 4. The van der Waals surface area contributed by atoms with Crippen molar-refractivity contribution in [2.24, 2.45) is 0 Å². The molecule has 1 aromatic rings. The second-order valence-corrected chi connectivity index (χ2v) is 5.93. The van der Waals surface area contributed by atoms with Gasteiger partial charge in [-0.05, 0) is 31.4 Å². The lowest BCUT2D eigenvalue weighted by Gasteiger charge is -2.33. The van der Waals surface area contributed by atoms with E-state index in [1.165, 1.54) is 11.0 Å². The van der Waals surface area contributed by atoms with Crippen LogP contribution in [0.3, 0.4) is 0 Å². The van der Waals surface area contributed by atoms with Crippen LogP contribution in [0.5, 0.6) is 0 Å². The number of nitrogens with one attached hydrogen (secondary N) is 1. The van der Waals surface area contributed by atoms with E-state index < -0.39 is 18.1 Å². The molecule has 0 aliphatic carbocycles. The van der Waals surface area contributed by atoms with Crippen LogP contribution in [0.2, 0.25) is 0 Å². The zero-order chi connectivity index (χ0) is 16.9. The van der Waals surface area contributed by atoms with E-state index in [1.807, 2.05) is 0 Å². The quantitative estimate of drug-likeness (QED) is 0.907. The lowest BCUT2D eigenvalue weighted by Crippen LogP contribution is -2.53. The molecular weight excluding hydrogens is 315 g/mol. The molecule has 3 rings (SSSR count). The largest absolute Gasteiger partial charge is 0.352 e. The second kappa shape index (κ2) is 7.72. The summed E-state index contributed by atoms with van der Waals surface area (Å²) in [6, 6.07) is 5.51. The van der Waals surface area contributed by atoms with Crippen molar-refractivity contribution in [1.82, 2.24) is 5.32 Å². The molecule has 24 heavy (non-hydrogen) atoms. The maximum Gasteiger partial charge on any atom is 0.249 e. The average Bonchev–Trinajstić information content (AvgIpc) is 2.58. The number of nitrogens with zero attached hydrogens (tertiary/aromatic N) is 1. The molecule has 2 amide bonds. The van der Waals surface area contributed by atoms with Crippen molar-refractivity contribution in [2.75, 3.05) is 24.7 Å². The number of anilines is 1. The summed E-state index contributed by atoms with van der Waals surface area (Å²) >= 11 is 0. The Balaban J connectivity index is 1.60. The molecule has 2 heterocycles. The van der Waals surface area contributed by atoms with E-state index in [9.17, 15) is 14.0 Å². The van der Waals surface area contributed by atoms with Crippen LogP contribution in [0.15, 0.2) is 24.3 Å². The van der Waals surface area contributed by atoms with Gasteiger partial charge >= 0.3 is 0 Å². The molecule has 0 saturated carbocycles. The standard InChI is InChI=1S/C17H21FN2O4/c18-12-5-1-2-7-14(12)20-8-3-6-13(17(20)22)19-15(21)11-16-23-9-4-10-24-16/h1-2,5,7,13,16H,3-4,6,8-11H2,(H,19,21). The van der Waals surface area contributed by atoms with Crippen molar-refractivity contribution in [2.45, 2.75) is 38.0 Å². The van der Waals surface area contributed by atoms with Gasteiger partial charge in [0.15, 0.2) is 6.29 Å². The summed E-state index contributed by atoms with van der Waals surface area (Å²) in [6.45, 7) is 1.59. The number of carbonyl (C=O) groups excluding carboxylic acids is 2. The van der Waals surface area contributed by atoms with Gasteiger partial charge in [0.1, 0.15) is 11.9 Å². The topological polar surface area (TPSA) is 67.9 Å². The van der Waals surface area contributed by atoms with Crippen LogP contribution in [-0.4, -0.2) is 43.9 Å². The number of ether oxygens (including phenoxy) is 2. The molecule has 130 valence electrons. The Morgan fingerprint density at radius 1 is 1.25 bits per heavy atom. The summed E-state index contributed by atoms with van der Waals surface area (Å²) in [7, 11) is 0. The molecule has 2 saturated heterocycles. The Labute approximate surface area is 139 Å². The Hall–Kier alpha value is -1.99. The number of benzene rings is 1. The molecule has 1 unspecified atom stereocenters. The third-order valence-electron chi connectivity index (χ3n) is 4.17. The number of para-hydroxylation sites is 1. The fraction of sp³-hybridized carbons (Fsp3) is 0.529. The predicted molar refractivity (Wildman–Crippen MR) is 84.8 cm³/mol. The highest BCUT2D eigenvalue weighted by Crippen LogP contribution is 2.24. The molecule has 1 aromatic carbocycles. The van der Waals surface area contributed by atoms with Crippen molar-refractivity contribution in [3.63, 3.8) is 0 Å². The minimum atomic E-state index is -0.644. The summed E-state index contributed by atoms with van der Waals surface area (Å²) in [5.74, 6) is -1.03. The monoisotopic (exact) mass is 336 g/mol. The average molecular weight is 336 g/mol. The molecular formula is C17H21FN2O4. The van der Waals surface area contributed by atoms with Gasteiger partial charge in [-0.2, -0.15) is 0 Å². The SMILES string of the molecule is O=C(CC1OCCCO1)NC1CCCN(c2ccccc2F)C1=O. The van der Waals surface area contributed by atoms with Gasteiger partial charge in [-0.15, -0.1) is 0 Å². The predicted octanol–water partition coefficient (Wildman–Crippen LogP) is 1.59. The third kappa shape index (κ3) is 3.91. The van der Waals surface area contributed by atoms with Crippen LogP contribution in [0.1, 0.15) is 25.7 Å². The molecule has 2 aliphatic rings. The number of hydrogen-bond donors (Lipinski definition) is 1. The smallest absolute Gasteiger partial charge is 0.249 e. The van der Waals surface area contributed by atoms with E-state index in [0.717, 1.165) is 6.42 Å². The minimum absolute atomic E-state index is 0.0590. The fourth-order valence-electron chi connectivity index (χ4n) is 2.98. The van der Waals surface area contributed by atoms with E-state index in [-0.39, 0.29) is 23.9 Å². The van der Waals surface area contributed by atoms with E-state index >= 15 is 0 Å². The van der Waals surface area contributed by atoms with Gasteiger partial charge in [-0.25, -0.2) is 4.39 Å². The molecule has 1 N–H and O–H groups in total. The van der Waals surface area contributed by atoms with Crippen LogP contribution in [0.4, 0.5) is 10.1 Å². The van der Waals surface area contributed by atoms with Gasteiger partial charge < -0.3 is 19.7 Å². The van der Waals surface area contributed by atoms with Crippen LogP contribution in [0.25, 0.3) is 0 Å². The summed E-state index contributed by atoms with van der Waals surface area (Å²) in [4.78, 5) is 26.1. The van der Waals surface area contributed by atoms with Gasteiger partial charge in [0.05, 0.1) is 25.3 Å². The number of halogens is 1. The Morgan fingerprint density at radius 2 is 2.00 bits per heavy atom. The fourth-order valence-corrected chi connectivity index (χ4v) is 2.98. The molecule has 0 aromatic heterocycles. The normalized spacial score (nSPS) is 22.5. The number of amides is 2. The number of hydrogen-bond acceptors (Lipinski definition) is 4. The van der Waals surface area contributed by atoms with Crippen molar-refractivity contribution in [3.8, 4) is 0 Å². The van der Waals surface area contributed by atoms with E-state index in [1.54, 1.807) is 18.2 Å². The van der Waals surface area contributed by atoms with Gasteiger partial charge in [-0.3, -0.25) is 9.59 Å². The van der Waals surface area contributed by atoms with Gasteiger partial charge in [0.2, 0.25) is 11.8 Å². The third-order valence-corrected chi connectivity index (χ3v) is 4.17. The molecule has 2 fully saturated rings. The molecule has 0 radical (unpaired) electrons. The first kappa shape index (κ1) is 16.9. The molecule has 2 aliphatic heterocycles. The summed E-state index contributed by atoms with van der Waals surface area (Å²) < 4.78 is 24.6. The van der Waals surface area contributed by atoms with Crippen LogP contribution in [0, 0.1) is 5.82 Å². The Bertz CT molecular complexity index is 604. The number of carbonyl (C=O) groups is 2. The lowest BCUT2D eigenvalue weighted by atomic mass is 10.0. The maximum atomic E-state index is 13.9. The molecule has 0 spiro atoms. The number of piperidine rings is 1. The van der Waals surface area contributed by atoms with Crippen LogP contribution >= 0.6 is 0 Å². The minimum Gasteiger partial charge on any atom is -0.352 e. The van der Waals surface area contributed by atoms with Crippen LogP contribution < -0.4 is 10.2 Å². The summed E-state index contributed by atoms with van der Waals surface area (Å²) in [5.41, 5.74) is 0.250. The highest BCUT2D eigenvalue weighted by molar-refractivity contribution is 6.00. The summed E-state index contributed by atoms with van der Waals surface area (Å²) in [5, 5.41) is 2.72. The zero-order valence-corrected chi connectivity index (χ0v) is 13.4. The van der Waals surface area contributed by atoms with E-state index in [2.05, 4.69) is 5.32 Å². The molecule has 7 heteroatoms. The second-order valence-electron chi connectivity index (χ2n) is 5.93. The van der Waals surface area contributed by atoms with Gasteiger partial charge in [0.25, 0.3) is 0 Å². The van der Waals surface area contributed by atoms with Crippen molar-refractivity contribution >= 4 is 17.5 Å². The van der Waals surface area contributed by atoms with E-state index in [0.29, 0.717) is 32.6 Å². The first-order valence-electron chi connectivity index (χ1n) is 8.23. The highest BCUT2D eigenvalue weighted by atomic mass is 19.1. The Kier molecular flexibility index (Phi) is 5.42. The van der Waals surface area contributed by atoms with Crippen molar-refractivity contribution in [1.29, 1.82) is 0 Å². The van der Waals surface area contributed by atoms with Gasteiger partial charge in [0, 0.05) is 6.54 Å². The zero-order valence-electron chi connectivity index (χ0n) is 13.4. The molecule has 6 nitrogen and oxygen atoms in total. The molecule has 1 atom stereocenters. The maximum absolute atomic E-state index is 13.9.